The van der Waals surface area contributed by atoms with Gasteiger partial charge in [-0.2, -0.15) is 0 Å². The van der Waals surface area contributed by atoms with Gasteiger partial charge in [0.05, 0.1) is 63.7 Å². The number of fused-ring (bicyclic) bond motifs is 1. The van der Waals surface area contributed by atoms with Crippen LogP contribution in [0.5, 0.6) is 0 Å². The third kappa shape index (κ3) is 15.6. The van der Waals surface area contributed by atoms with Crippen molar-refractivity contribution in [3.63, 3.8) is 0 Å². The topological polar surface area (TPSA) is 316 Å². The van der Waals surface area contributed by atoms with Crippen molar-refractivity contribution in [2.75, 3.05) is 42.2 Å². The minimum Gasteiger partial charge on any atom is -0.469 e. The molecule has 2 fully saturated rings. The van der Waals surface area contributed by atoms with Gasteiger partial charge >= 0.3 is 53.7 Å². The number of carbonyl (C=O) groups is 10. The number of esters is 9. The second-order valence-corrected chi connectivity index (χ2v) is 21.8. The summed E-state index contributed by atoms with van der Waals surface area (Å²) in [6.07, 6.45) is -8.51. The number of hydrogen-bond acceptors (Lipinski definition) is 21. The predicted octanol–water partition coefficient (Wildman–Crippen LogP) is 5.33. The van der Waals surface area contributed by atoms with Gasteiger partial charge in [0.2, 0.25) is 12.0 Å². The first kappa shape index (κ1) is 62.7. The van der Waals surface area contributed by atoms with Gasteiger partial charge < -0.3 is 67.4 Å². The molecule has 2 aromatic heterocycles. The zero-order chi connectivity index (χ0) is 60.0. The molecule has 83 heavy (non-hydrogen) atoms. The Labute approximate surface area is 491 Å². The molecule has 4 aromatic rings. The molecule has 3 aliphatic heterocycles. The molecule has 5 atom stereocenters. The number of halogens is 2. The van der Waals surface area contributed by atoms with Crippen molar-refractivity contribution < 1.29 is 100 Å². The molecule has 0 radical (unpaired) electrons. The smallest absolute Gasteiger partial charge is 0.359 e. The summed E-state index contributed by atoms with van der Waals surface area (Å²) in [6, 6.07) is 17.5. The van der Waals surface area contributed by atoms with E-state index in [4.69, 9.17) is 52.1 Å². The van der Waals surface area contributed by atoms with E-state index in [0.29, 0.717) is 11.1 Å². The first-order valence-corrected chi connectivity index (χ1v) is 27.4. The van der Waals surface area contributed by atoms with Gasteiger partial charge in [0.15, 0.2) is 6.29 Å². The van der Waals surface area contributed by atoms with Crippen LogP contribution in [0.2, 0.25) is 0 Å². The lowest BCUT2D eigenvalue weighted by Crippen LogP contribution is -2.52. The highest BCUT2D eigenvalue weighted by Gasteiger charge is 2.53. The van der Waals surface area contributed by atoms with Crippen LogP contribution in [0.1, 0.15) is 104 Å². The third-order valence-corrected chi connectivity index (χ3v) is 14.4. The number of nitrogens with one attached hydrogen (secondary N) is 3. The van der Waals surface area contributed by atoms with Gasteiger partial charge in [-0.3, -0.25) is 33.6 Å². The molecule has 24 nitrogen and oxygen atoms in total. The van der Waals surface area contributed by atoms with E-state index < -0.39 is 128 Å². The maximum atomic E-state index is 15.0. The molecule has 7 rings (SSSR count). The number of hydrogen-bond donors (Lipinski definition) is 3. The van der Waals surface area contributed by atoms with Crippen LogP contribution in [-0.2, 0) is 136 Å². The van der Waals surface area contributed by atoms with Crippen molar-refractivity contribution >= 4 is 91.5 Å². The van der Waals surface area contributed by atoms with Crippen LogP contribution in [0, 0.1) is 0 Å². The van der Waals surface area contributed by atoms with Gasteiger partial charge in [0.25, 0.3) is 0 Å². The average Bonchev–Trinajstić information content (AvgIpc) is 2.40. The Morgan fingerprint density at radius 3 is 1.76 bits per heavy atom. The lowest BCUT2D eigenvalue weighted by atomic mass is 9.77. The first-order chi connectivity index (χ1) is 39.8. The zero-order valence-electron chi connectivity index (χ0n) is 45.7. The predicted molar refractivity (Wildman–Crippen MR) is 292 cm³/mol. The summed E-state index contributed by atoms with van der Waals surface area (Å²) >= 11 is 6.30. The van der Waals surface area contributed by atoms with Gasteiger partial charge in [-0.1, -0.05) is 60.7 Å². The van der Waals surface area contributed by atoms with Crippen molar-refractivity contribution in [3.05, 3.63) is 138 Å². The molecule has 0 saturated carbocycles. The van der Waals surface area contributed by atoms with Crippen LogP contribution in [-0.4, -0.2) is 136 Å². The molecule has 5 heterocycles. The highest BCUT2D eigenvalue weighted by Crippen LogP contribution is 2.42. The van der Waals surface area contributed by atoms with Crippen molar-refractivity contribution in [3.8, 4) is 0 Å². The number of H-pyrrole nitrogens is 2. The maximum absolute atomic E-state index is 15.0. The lowest BCUT2D eigenvalue weighted by molar-refractivity contribution is -0.187. The quantitative estimate of drug-likeness (QED) is 0.0406. The Balaban J connectivity index is 1.45. The van der Waals surface area contributed by atoms with Gasteiger partial charge in [-0.25, -0.2) is 14.4 Å². The molecular weight excluding hydrogens is 1220 g/mol. The van der Waals surface area contributed by atoms with E-state index in [2.05, 4.69) is 47.1 Å². The lowest BCUT2D eigenvalue weighted by Gasteiger charge is -2.34. The Morgan fingerprint density at radius 2 is 1.17 bits per heavy atom. The normalized spacial score (nSPS) is 18.9. The van der Waals surface area contributed by atoms with E-state index in [1.54, 1.807) is 60.7 Å². The number of aromatic nitrogens is 2. The molecule has 0 spiro atoms. The van der Waals surface area contributed by atoms with Crippen LogP contribution in [0.25, 0.3) is 0 Å². The third-order valence-electron chi connectivity index (χ3n) is 14.0. The Kier molecular flexibility index (Phi) is 21.8. The number of amides is 1. The standard InChI is InChI=1S/C57H59Br2N3O21/c1-73-42(63)19-16-32-36(23-46(67)77-5)49(54(71)78-27-30-12-8-6-9-13-30)60-38(32)25-57(26-39-35(22-45(66)76-4)33(17-20-43(64)74-2)48(61-39)53(70)80-29-41(58)59)37(34(52(69)62-57)18-21-44(65)75-3)24-47(68)82-51-50-40(28-79-55(51)72)81-56(83-50)31-14-10-7-11-15-31/h6-15,29,40,50-51,56,60-61H,16-28H2,1-5H3,(H,62,69)/t40-,50-,51-,56-,57?/m1/s1. The van der Waals surface area contributed by atoms with Crippen LogP contribution in [0.4, 0.5) is 0 Å². The maximum Gasteiger partial charge on any atom is 0.359 e. The van der Waals surface area contributed by atoms with Gasteiger partial charge in [-0.15, -0.1) is 0 Å². The van der Waals surface area contributed by atoms with E-state index in [1.807, 2.05) is 0 Å². The molecule has 1 amide bonds. The number of methoxy groups -OCH3 is 5. The SMILES string of the molecule is COC(=O)CCC1=C(CC(=O)O[C@H]2C(=O)OC[C@H]3O[C@@H](c4ccccc4)O[C@H]32)C(Cc2[nH]c(C(=O)OC=C(Br)Br)c(CCC(=O)OC)c2CC(=O)OC)(Cc2[nH]c(C(=O)OCc3ccccc3)c(CC(=O)OC)c2CCC(=O)OC)NC1=O. The number of carbonyl (C=O) groups excluding carboxylic acids is 10. The first-order valence-electron chi connectivity index (χ1n) is 25.8. The molecule has 0 aliphatic carbocycles. The average molecular weight is 1280 g/mol. The summed E-state index contributed by atoms with van der Waals surface area (Å²) in [5, 5.41) is 3.02. The summed E-state index contributed by atoms with van der Waals surface area (Å²) in [5.74, 6) is -8.62. The molecule has 3 aliphatic rings. The van der Waals surface area contributed by atoms with Crippen molar-refractivity contribution in [2.24, 2.45) is 0 Å². The van der Waals surface area contributed by atoms with Gasteiger partial charge in [0, 0.05) is 54.6 Å². The number of rotatable bonds is 26. The summed E-state index contributed by atoms with van der Waals surface area (Å²) < 4.78 is 60.2. The molecule has 2 saturated heterocycles. The van der Waals surface area contributed by atoms with Crippen LogP contribution < -0.4 is 5.32 Å². The largest absolute Gasteiger partial charge is 0.469 e. The molecule has 3 N–H and O–H groups in total. The Morgan fingerprint density at radius 1 is 0.627 bits per heavy atom. The van der Waals surface area contributed by atoms with E-state index in [0.717, 1.165) is 34.7 Å². The molecule has 2 aromatic carbocycles. The monoisotopic (exact) mass is 1280 g/mol. The highest BCUT2D eigenvalue weighted by molar-refractivity contribution is 9.28. The number of cyclic esters (lactones) is 1. The summed E-state index contributed by atoms with van der Waals surface area (Å²) in [6.45, 7) is -0.451. The number of aromatic amines is 2. The van der Waals surface area contributed by atoms with Gasteiger partial charge in [0.1, 0.15) is 43.1 Å². The van der Waals surface area contributed by atoms with Crippen molar-refractivity contribution in [1.82, 2.24) is 15.3 Å². The summed E-state index contributed by atoms with van der Waals surface area (Å²) in [7, 11) is 5.72. The number of ether oxygens (including phenoxy) is 11. The molecule has 26 heteroatoms. The molecular formula is C57H59Br2N3O21. The molecule has 0 bridgehead atoms. The Hall–Kier alpha value is -7.94. The fourth-order valence-electron chi connectivity index (χ4n) is 10.1. The van der Waals surface area contributed by atoms with Gasteiger partial charge in [-0.05, 0) is 84.5 Å². The Bertz CT molecular complexity index is 3180. The summed E-state index contributed by atoms with van der Waals surface area (Å²) in [5.41, 5.74) is -0.975. The second kappa shape index (κ2) is 28.8. The highest BCUT2D eigenvalue weighted by atomic mass is 79.9. The van der Waals surface area contributed by atoms with Crippen LogP contribution >= 0.6 is 31.9 Å². The number of benzene rings is 2. The molecule has 1 unspecified atom stereocenters. The van der Waals surface area contributed by atoms with E-state index in [-0.39, 0.29) is 105 Å². The minimum atomic E-state index is -2.00. The van der Waals surface area contributed by atoms with Crippen LogP contribution in [0.15, 0.2) is 81.5 Å². The fraction of sp³-hybridized carbons (Fsp3) is 0.404. The van der Waals surface area contributed by atoms with E-state index >= 15 is 0 Å². The minimum absolute atomic E-state index is 0.0339. The van der Waals surface area contributed by atoms with Crippen molar-refractivity contribution in [1.29, 1.82) is 0 Å². The van der Waals surface area contributed by atoms with E-state index in [9.17, 15) is 47.9 Å². The van der Waals surface area contributed by atoms with Crippen molar-refractivity contribution in [2.45, 2.75) is 107 Å². The fourth-order valence-corrected chi connectivity index (χ4v) is 10.3. The summed E-state index contributed by atoms with van der Waals surface area (Å²) in [4.78, 5) is 144. The zero-order valence-corrected chi connectivity index (χ0v) is 48.9. The molecule has 442 valence electrons. The van der Waals surface area contributed by atoms with E-state index in [1.165, 1.54) is 7.11 Å². The van der Waals surface area contributed by atoms with Crippen LogP contribution in [0.3, 0.4) is 0 Å². The second-order valence-electron chi connectivity index (χ2n) is 19.1.